The number of piperazine rings is 1. The summed E-state index contributed by atoms with van der Waals surface area (Å²) >= 11 is 0. The number of guanidine groups is 1. The predicted molar refractivity (Wildman–Crippen MR) is 118 cm³/mol. The highest BCUT2D eigenvalue weighted by atomic mass is 127. The minimum Gasteiger partial charge on any atom is -0.347 e. The summed E-state index contributed by atoms with van der Waals surface area (Å²) in [7, 11) is 1.69. The molecule has 3 rings (SSSR count). The van der Waals surface area contributed by atoms with E-state index in [0.717, 1.165) is 32.1 Å². The summed E-state index contributed by atoms with van der Waals surface area (Å²) < 4.78 is 12.9. The van der Waals surface area contributed by atoms with Crippen LogP contribution in [0, 0.1) is 5.82 Å². The smallest absolute Gasteiger partial charge is 0.243 e. The Morgan fingerprint density at radius 3 is 2.39 bits per heavy atom. The van der Waals surface area contributed by atoms with Gasteiger partial charge in [0.1, 0.15) is 5.82 Å². The van der Waals surface area contributed by atoms with Gasteiger partial charge in [-0.15, -0.1) is 24.0 Å². The van der Waals surface area contributed by atoms with Gasteiger partial charge in [0.15, 0.2) is 5.96 Å². The van der Waals surface area contributed by atoms with Gasteiger partial charge in [-0.1, -0.05) is 0 Å². The van der Waals surface area contributed by atoms with Gasteiger partial charge in [0.05, 0.1) is 6.54 Å². The number of nitrogens with one attached hydrogen (secondary N) is 2. The second kappa shape index (κ2) is 10.7. The van der Waals surface area contributed by atoms with Gasteiger partial charge < -0.3 is 20.4 Å². The van der Waals surface area contributed by atoms with Crippen molar-refractivity contribution in [2.45, 2.75) is 0 Å². The Labute approximate surface area is 180 Å². The fraction of sp³-hybridized carbons (Fsp3) is 0.333. The number of amides is 1. The van der Waals surface area contributed by atoms with Gasteiger partial charge in [-0.2, -0.15) is 0 Å². The molecule has 0 unspecified atom stereocenters. The molecule has 1 aromatic heterocycles. The van der Waals surface area contributed by atoms with Gasteiger partial charge in [0.2, 0.25) is 11.9 Å². The number of hydrogen-bond acceptors (Lipinski definition) is 5. The molecule has 28 heavy (non-hydrogen) atoms. The molecule has 1 fully saturated rings. The summed E-state index contributed by atoms with van der Waals surface area (Å²) in [5.41, 5.74) is 0.551. The minimum atomic E-state index is -0.341. The molecule has 1 saturated heterocycles. The number of aliphatic imine (C=N–C) groups is 1. The van der Waals surface area contributed by atoms with Crippen LogP contribution in [0.3, 0.4) is 0 Å². The van der Waals surface area contributed by atoms with Crippen LogP contribution in [0.1, 0.15) is 0 Å². The highest BCUT2D eigenvalue weighted by molar-refractivity contribution is 14.0. The monoisotopic (exact) mass is 499 g/mol. The van der Waals surface area contributed by atoms with Crippen molar-refractivity contribution >= 4 is 47.5 Å². The van der Waals surface area contributed by atoms with Gasteiger partial charge in [-0.3, -0.25) is 9.79 Å². The number of nitrogens with zero attached hydrogens (tertiary/aromatic N) is 5. The molecule has 1 aliphatic heterocycles. The number of anilines is 2. The summed E-state index contributed by atoms with van der Waals surface area (Å²) in [4.78, 5) is 29.1. The summed E-state index contributed by atoms with van der Waals surface area (Å²) in [5.74, 6) is 0.822. The topological polar surface area (TPSA) is 85.8 Å². The highest BCUT2D eigenvalue weighted by Gasteiger charge is 2.21. The third-order valence-electron chi connectivity index (χ3n) is 4.16. The van der Waals surface area contributed by atoms with E-state index in [1.807, 2.05) is 0 Å². The van der Waals surface area contributed by atoms with E-state index < -0.39 is 0 Å². The number of benzene rings is 1. The van der Waals surface area contributed by atoms with Crippen LogP contribution in [-0.4, -0.2) is 66.5 Å². The Kier molecular flexibility index (Phi) is 8.36. The van der Waals surface area contributed by atoms with Crippen LogP contribution in [0.25, 0.3) is 0 Å². The Bertz CT molecular complexity index is 780. The van der Waals surface area contributed by atoms with E-state index in [9.17, 15) is 9.18 Å². The van der Waals surface area contributed by atoms with Crippen LogP contribution >= 0.6 is 24.0 Å². The molecule has 0 saturated carbocycles. The zero-order valence-electron chi connectivity index (χ0n) is 15.5. The Hall–Kier alpha value is -2.50. The molecule has 10 heteroatoms. The van der Waals surface area contributed by atoms with Gasteiger partial charge >= 0.3 is 0 Å². The number of aromatic nitrogens is 2. The first-order valence-corrected chi connectivity index (χ1v) is 8.68. The number of carbonyl (C=O) groups is 1. The van der Waals surface area contributed by atoms with E-state index >= 15 is 0 Å². The molecular formula is C18H23FIN7O. The lowest BCUT2D eigenvalue weighted by atomic mass is 10.3. The summed E-state index contributed by atoms with van der Waals surface area (Å²) in [5, 5.41) is 5.78. The number of carbonyl (C=O) groups excluding carboxylic acids is 1. The van der Waals surface area contributed by atoms with E-state index in [-0.39, 0.29) is 42.2 Å². The van der Waals surface area contributed by atoms with Crippen molar-refractivity contribution in [3.8, 4) is 0 Å². The van der Waals surface area contributed by atoms with Crippen LogP contribution < -0.4 is 15.5 Å². The van der Waals surface area contributed by atoms with Crippen LogP contribution in [0.5, 0.6) is 0 Å². The van der Waals surface area contributed by atoms with E-state index in [2.05, 4.69) is 35.4 Å². The average Bonchev–Trinajstić information content (AvgIpc) is 2.71. The number of halogens is 2. The molecule has 0 atom stereocenters. The Morgan fingerprint density at radius 1 is 1.14 bits per heavy atom. The molecule has 2 N–H and O–H groups in total. The number of hydrogen-bond donors (Lipinski definition) is 2. The lowest BCUT2D eigenvalue weighted by molar-refractivity contribution is -0.115. The molecule has 2 heterocycles. The van der Waals surface area contributed by atoms with Crippen molar-refractivity contribution in [2.24, 2.45) is 4.99 Å². The lowest BCUT2D eigenvalue weighted by Crippen LogP contribution is -2.53. The highest BCUT2D eigenvalue weighted by Crippen LogP contribution is 2.10. The molecule has 8 nitrogen and oxygen atoms in total. The summed E-state index contributed by atoms with van der Waals surface area (Å²) in [6.07, 6.45) is 3.46. The first kappa shape index (κ1) is 21.8. The van der Waals surface area contributed by atoms with Crippen molar-refractivity contribution in [3.63, 3.8) is 0 Å². The van der Waals surface area contributed by atoms with Crippen molar-refractivity contribution in [1.29, 1.82) is 0 Å². The van der Waals surface area contributed by atoms with Gasteiger partial charge in [-0.05, 0) is 30.3 Å². The third-order valence-corrected chi connectivity index (χ3v) is 4.16. The molecular weight excluding hydrogens is 476 g/mol. The van der Waals surface area contributed by atoms with Crippen molar-refractivity contribution in [1.82, 2.24) is 20.2 Å². The van der Waals surface area contributed by atoms with Gasteiger partial charge in [0, 0.05) is 51.3 Å². The molecule has 0 radical (unpaired) electrons. The molecule has 0 bridgehead atoms. The fourth-order valence-corrected chi connectivity index (χ4v) is 2.80. The van der Waals surface area contributed by atoms with Crippen molar-refractivity contribution in [2.75, 3.05) is 50.0 Å². The first-order chi connectivity index (χ1) is 13.2. The third kappa shape index (κ3) is 6.01. The predicted octanol–water partition coefficient (Wildman–Crippen LogP) is 1.57. The van der Waals surface area contributed by atoms with Crippen molar-refractivity contribution in [3.05, 3.63) is 48.5 Å². The Morgan fingerprint density at radius 2 is 1.79 bits per heavy atom. The van der Waals surface area contributed by atoms with Gasteiger partial charge in [0.25, 0.3) is 0 Å². The van der Waals surface area contributed by atoms with Crippen LogP contribution in [0.15, 0.2) is 47.7 Å². The SMILES string of the molecule is CN=C(NCC(=O)Nc1ccc(F)cc1)N1CCN(c2ncccn2)CC1.I. The van der Waals surface area contributed by atoms with Gasteiger partial charge in [-0.25, -0.2) is 14.4 Å². The zero-order chi connectivity index (χ0) is 19.1. The van der Waals surface area contributed by atoms with E-state index in [0.29, 0.717) is 11.6 Å². The minimum absolute atomic E-state index is 0. The van der Waals surface area contributed by atoms with Crippen molar-refractivity contribution < 1.29 is 9.18 Å². The zero-order valence-corrected chi connectivity index (χ0v) is 17.8. The molecule has 1 amide bonds. The van der Waals surface area contributed by atoms with E-state index in [1.54, 1.807) is 25.5 Å². The second-order valence-electron chi connectivity index (χ2n) is 5.98. The molecule has 1 aliphatic rings. The van der Waals surface area contributed by atoms with Crippen LogP contribution in [0.4, 0.5) is 16.0 Å². The molecule has 150 valence electrons. The molecule has 0 aliphatic carbocycles. The van der Waals surface area contributed by atoms with E-state index in [4.69, 9.17) is 0 Å². The first-order valence-electron chi connectivity index (χ1n) is 8.68. The molecule has 0 spiro atoms. The normalized spacial score (nSPS) is 14.3. The largest absolute Gasteiger partial charge is 0.347 e. The van der Waals surface area contributed by atoms with E-state index in [1.165, 1.54) is 24.3 Å². The second-order valence-corrected chi connectivity index (χ2v) is 5.98. The fourth-order valence-electron chi connectivity index (χ4n) is 2.80. The molecule has 2 aromatic rings. The number of rotatable bonds is 4. The summed E-state index contributed by atoms with van der Waals surface area (Å²) in [6, 6.07) is 7.44. The van der Waals surface area contributed by atoms with Crippen LogP contribution in [-0.2, 0) is 4.79 Å². The molecule has 1 aromatic carbocycles. The maximum absolute atomic E-state index is 12.9. The summed E-state index contributed by atoms with van der Waals surface area (Å²) in [6.45, 7) is 3.11. The van der Waals surface area contributed by atoms with Crippen LogP contribution in [0.2, 0.25) is 0 Å². The maximum atomic E-state index is 12.9. The standard InChI is InChI=1S/C18H22FN7O.HI/c1-20-17(23-13-16(27)24-15-5-3-14(19)4-6-15)25-9-11-26(12-10-25)18-21-7-2-8-22-18;/h2-8H,9-13H2,1H3,(H,20,23)(H,24,27);1H. The lowest BCUT2D eigenvalue weighted by Gasteiger charge is -2.36. The quantitative estimate of drug-likeness (QED) is 0.378. The average molecular weight is 499 g/mol. The maximum Gasteiger partial charge on any atom is 0.243 e. The Balaban J connectivity index is 0.00000280.